The largest absolute Gasteiger partial charge is 0.423 e. The Morgan fingerprint density at radius 3 is 2.96 bits per heavy atom. The predicted molar refractivity (Wildman–Crippen MR) is 82.9 cm³/mol. The number of aromatic nitrogens is 3. The van der Waals surface area contributed by atoms with Crippen molar-refractivity contribution >= 4 is 17.1 Å². The summed E-state index contributed by atoms with van der Waals surface area (Å²) in [5.74, 6) is -0.0275. The first-order valence-corrected chi connectivity index (χ1v) is 7.44. The molecule has 4 rings (SSSR count). The summed E-state index contributed by atoms with van der Waals surface area (Å²) in [5, 5.41) is 4.24. The number of anilines is 1. The highest BCUT2D eigenvalue weighted by Crippen LogP contribution is 2.28. The number of aryl methyl sites for hydroxylation is 1. The van der Waals surface area contributed by atoms with Crippen LogP contribution in [0.1, 0.15) is 5.69 Å². The average molecular weight is 314 g/mol. The average Bonchev–Trinajstić information content (AvgIpc) is 2.88. The summed E-state index contributed by atoms with van der Waals surface area (Å²) >= 11 is 0. The minimum absolute atomic E-state index is 0.0913. The van der Waals surface area contributed by atoms with Crippen molar-refractivity contribution in [2.75, 3.05) is 18.0 Å². The van der Waals surface area contributed by atoms with Gasteiger partial charge >= 0.3 is 0 Å². The number of rotatable bonds is 3. The topological polar surface area (TPSA) is 64.2 Å². The van der Waals surface area contributed by atoms with Crippen LogP contribution in [0, 0.1) is 18.7 Å². The normalized spacial score (nSPS) is 15.1. The lowest BCUT2D eigenvalue weighted by atomic mass is 10.0. The van der Waals surface area contributed by atoms with E-state index in [0.29, 0.717) is 29.6 Å². The molecule has 3 heterocycles. The summed E-state index contributed by atoms with van der Waals surface area (Å²) < 4.78 is 20.3. The molecule has 118 valence electrons. The first kappa shape index (κ1) is 13.9. The molecule has 0 bridgehead atoms. The molecular weight excluding hydrogens is 299 g/mol. The Hall–Kier alpha value is -2.70. The Morgan fingerprint density at radius 2 is 2.13 bits per heavy atom. The maximum atomic E-state index is 13.2. The molecule has 0 N–H and O–H groups in total. The van der Waals surface area contributed by atoms with Crippen molar-refractivity contribution in [2.24, 2.45) is 5.92 Å². The molecule has 0 atom stereocenters. The Bertz CT molecular complexity index is 927. The number of halogens is 1. The Balaban J connectivity index is 1.46. The third kappa shape index (κ3) is 2.58. The first-order valence-electron chi connectivity index (χ1n) is 7.44. The van der Waals surface area contributed by atoms with E-state index in [0.717, 1.165) is 18.8 Å². The van der Waals surface area contributed by atoms with Crippen molar-refractivity contribution in [3.63, 3.8) is 0 Å². The zero-order chi connectivity index (χ0) is 16.0. The molecule has 0 radical (unpaired) electrons. The van der Waals surface area contributed by atoms with E-state index < -0.39 is 0 Å². The second-order valence-electron chi connectivity index (χ2n) is 5.87. The van der Waals surface area contributed by atoms with E-state index >= 15 is 0 Å². The van der Waals surface area contributed by atoms with Crippen LogP contribution in [-0.2, 0) is 6.54 Å². The van der Waals surface area contributed by atoms with Crippen molar-refractivity contribution in [1.82, 2.24) is 14.8 Å². The number of hydrogen-bond acceptors (Lipinski definition) is 5. The number of benzene rings is 1. The Labute approximate surface area is 131 Å². The van der Waals surface area contributed by atoms with Gasteiger partial charge in [-0.2, -0.15) is 10.1 Å². The number of hydrogen-bond donors (Lipinski definition) is 0. The molecule has 0 unspecified atom stereocenters. The van der Waals surface area contributed by atoms with Crippen molar-refractivity contribution < 1.29 is 8.81 Å². The van der Waals surface area contributed by atoms with Gasteiger partial charge in [0.25, 0.3) is 11.6 Å². The van der Waals surface area contributed by atoms with Crippen molar-refractivity contribution in [3.8, 4) is 0 Å². The SMILES string of the molecule is Cc1ccc(=O)n(CC2CN(c3nc4ccc(F)cc4o3)C2)n1. The van der Waals surface area contributed by atoms with Gasteiger partial charge in [-0.15, -0.1) is 0 Å². The fourth-order valence-corrected chi connectivity index (χ4v) is 2.79. The highest BCUT2D eigenvalue weighted by molar-refractivity contribution is 5.74. The van der Waals surface area contributed by atoms with Crippen LogP contribution in [0.4, 0.5) is 10.4 Å². The lowest BCUT2D eigenvalue weighted by Gasteiger charge is -2.37. The maximum Gasteiger partial charge on any atom is 0.298 e. The molecule has 0 spiro atoms. The quantitative estimate of drug-likeness (QED) is 0.739. The standard InChI is InChI=1S/C16H15FN4O2/c1-10-2-5-15(22)21(19-10)9-11-7-20(8-11)16-18-13-4-3-12(17)6-14(13)23-16/h2-6,11H,7-9H2,1H3. The predicted octanol–water partition coefficient (Wildman–Crippen LogP) is 1.97. The minimum Gasteiger partial charge on any atom is -0.423 e. The smallest absolute Gasteiger partial charge is 0.298 e. The van der Waals surface area contributed by atoms with Gasteiger partial charge in [-0.1, -0.05) is 0 Å². The van der Waals surface area contributed by atoms with Crippen LogP contribution >= 0.6 is 0 Å². The molecule has 3 aromatic rings. The van der Waals surface area contributed by atoms with Gasteiger partial charge in [0.05, 0.1) is 12.2 Å². The summed E-state index contributed by atoms with van der Waals surface area (Å²) in [4.78, 5) is 18.1. The highest BCUT2D eigenvalue weighted by Gasteiger charge is 2.31. The van der Waals surface area contributed by atoms with Gasteiger partial charge in [0.1, 0.15) is 11.3 Å². The van der Waals surface area contributed by atoms with Gasteiger partial charge in [0, 0.05) is 31.1 Å². The Morgan fingerprint density at radius 1 is 1.30 bits per heavy atom. The zero-order valence-electron chi connectivity index (χ0n) is 12.6. The summed E-state index contributed by atoms with van der Waals surface area (Å²) in [5.41, 5.74) is 1.81. The summed E-state index contributed by atoms with van der Waals surface area (Å²) in [6.45, 7) is 3.90. The van der Waals surface area contributed by atoms with Crippen molar-refractivity contribution in [1.29, 1.82) is 0 Å². The second-order valence-corrected chi connectivity index (χ2v) is 5.87. The van der Waals surface area contributed by atoms with Crippen molar-refractivity contribution in [2.45, 2.75) is 13.5 Å². The monoisotopic (exact) mass is 314 g/mol. The molecule has 1 aliphatic rings. The molecule has 1 saturated heterocycles. The lowest BCUT2D eigenvalue weighted by Crippen LogP contribution is -2.49. The number of nitrogens with zero attached hydrogens (tertiary/aromatic N) is 4. The molecule has 0 saturated carbocycles. The molecule has 0 amide bonds. The first-order chi connectivity index (χ1) is 11.1. The minimum atomic E-state index is -0.341. The van der Waals surface area contributed by atoms with Gasteiger partial charge < -0.3 is 9.32 Å². The Kier molecular flexibility index (Phi) is 3.14. The van der Waals surface area contributed by atoms with Crippen LogP contribution in [0.25, 0.3) is 11.1 Å². The third-order valence-corrected chi connectivity index (χ3v) is 4.00. The molecule has 6 nitrogen and oxygen atoms in total. The maximum absolute atomic E-state index is 13.2. The van der Waals surface area contributed by atoms with Crippen LogP contribution < -0.4 is 10.5 Å². The molecule has 1 aliphatic heterocycles. The summed E-state index contributed by atoms with van der Waals surface area (Å²) in [7, 11) is 0. The van der Waals surface area contributed by atoms with Crippen LogP contribution in [-0.4, -0.2) is 27.9 Å². The molecular formula is C16H15FN4O2. The zero-order valence-corrected chi connectivity index (χ0v) is 12.6. The molecule has 1 aromatic carbocycles. The fraction of sp³-hybridized carbons (Fsp3) is 0.312. The molecule has 1 fully saturated rings. The molecule has 2 aromatic heterocycles. The lowest BCUT2D eigenvalue weighted by molar-refractivity contribution is 0.318. The highest BCUT2D eigenvalue weighted by atomic mass is 19.1. The second kappa shape index (κ2) is 5.19. The van der Waals surface area contributed by atoms with Gasteiger partial charge in [-0.3, -0.25) is 4.79 Å². The van der Waals surface area contributed by atoms with Crippen LogP contribution in [0.5, 0.6) is 0 Å². The summed E-state index contributed by atoms with van der Waals surface area (Å²) in [6, 6.07) is 8.04. The van der Waals surface area contributed by atoms with Crippen LogP contribution in [0.3, 0.4) is 0 Å². The number of fused-ring (bicyclic) bond motifs is 1. The fourth-order valence-electron chi connectivity index (χ4n) is 2.79. The van der Waals surface area contributed by atoms with E-state index in [4.69, 9.17) is 4.42 Å². The van der Waals surface area contributed by atoms with E-state index in [9.17, 15) is 9.18 Å². The van der Waals surface area contributed by atoms with Gasteiger partial charge in [0.2, 0.25) is 0 Å². The third-order valence-electron chi connectivity index (χ3n) is 4.00. The number of oxazole rings is 1. The van der Waals surface area contributed by atoms with Crippen LogP contribution in [0.15, 0.2) is 39.5 Å². The molecule has 23 heavy (non-hydrogen) atoms. The van der Waals surface area contributed by atoms with E-state index in [1.165, 1.54) is 22.9 Å². The van der Waals surface area contributed by atoms with E-state index in [2.05, 4.69) is 10.1 Å². The summed E-state index contributed by atoms with van der Waals surface area (Å²) in [6.07, 6.45) is 0. The van der Waals surface area contributed by atoms with Crippen molar-refractivity contribution in [3.05, 3.63) is 52.2 Å². The van der Waals surface area contributed by atoms with Gasteiger partial charge in [-0.25, -0.2) is 9.07 Å². The van der Waals surface area contributed by atoms with Crippen LogP contribution in [0.2, 0.25) is 0 Å². The van der Waals surface area contributed by atoms with E-state index in [-0.39, 0.29) is 11.4 Å². The van der Waals surface area contributed by atoms with E-state index in [1.54, 1.807) is 12.1 Å². The van der Waals surface area contributed by atoms with Gasteiger partial charge in [-0.05, 0) is 25.1 Å². The molecule has 7 heteroatoms. The molecule has 0 aliphatic carbocycles. The van der Waals surface area contributed by atoms with E-state index in [1.807, 2.05) is 11.8 Å². The van der Waals surface area contributed by atoms with Gasteiger partial charge in [0.15, 0.2) is 5.58 Å².